The van der Waals surface area contributed by atoms with Crippen molar-refractivity contribution in [2.24, 2.45) is 0 Å². The van der Waals surface area contributed by atoms with Crippen molar-refractivity contribution in [3.63, 3.8) is 0 Å². The van der Waals surface area contributed by atoms with E-state index in [0.717, 1.165) is 28.1 Å². The zero-order chi connectivity index (χ0) is 23.2. The molecule has 32 heavy (non-hydrogen) atoms. The summed E-state index contributed by atoms with van der Waals surface area (Å²) in [5, 5.41) is 11.9. The lowest BCUT2D eigenvalue weighted by Gasteiger charge is -2.33. The molecule has 1 saturated heterocycles. The summed E-state index contributed by atoms with van der Waals surface area (Å²) in [4.78, 5) is 24.9. The van der Waals surface area contributed by atoms with Crippen LogP contribution in [0.1, 0.15) is 27.2 Å². The molecule has 1 aromatic heterocycles. The molecule has 9 nitrogen and oxygen atoms in total. The maximum absolute atomic E-state index is 13.1. The minimum Gasteiger partial charge on any atom is -0.450 e. The standard InChI is InChI=1S/C22H23N3O6S/c1-14-7-8-15(2)20-19(14)16(3)21(31-20)22(26)23-9-11-24(12-10-23)32(29,30)18-6-4-5-17(13-18)25(27)28/h4-8,13H,9-12H2,1-3H3. The zero-order valence-corrected chi connectivity index (χ0v) is 18.8. The van der Waals surface area contributed by atoms with Gasteiger partial charge in [-0.25, -0.2) is 8.42 Å². The van der Waals surface area contributed by atoms with Crippen molar-refractivity contribution in [3.8, 4) is 0 Å². The second-order valence-corrected chi connectivity index (χ2v) is 9.85. The summed E-state index contributed by atoms with van der Waals surface area (Å²) in [5.41, 5.74) is 3.15. The molecule has 1 amide bonds. The molecule has 1 fully saturated rings. The van der Waals surface area contributed by atoms with Gasteiger partial charge in [-0.15, -0.1) is 0 Å². The first-order valence-corrected chi connectivity index (χ1v) is 11.6. The number of carbonyl (C=O) groups is 1. The lowest BCUT2D eigenvalue weighted by Crippen LogP contribution is -2.50. The second kappa shape index (κ2) is 8.03. The summed E-state index contributed by atoms with van der Waals surface area (Å²) in [6.07, 6.45) is 0. The molecule has 0 unspecified atom stereocenters. The van der Waals surface area contributed by atoms with E-state index in [1.165, 1.54) is 22.5 Å². The lowest BCUT2D eigenvalue weighted by molar-refractivity contribution is -0.385. The molecule has 2 heterocycles. The molecule has 0 bridgehead atoms. The number of furan rings is 1. The largest absolute Gasteiger partial charge is 0.450 e. The predicted molar refractivity (Wildman–Crippen MR) is 118 cm³/mol. The van der Waals surface area contributed by atoms with Gasteiger partial charge in [-0.1, -0.05) is 18.2 Å². The van der Waals surface area contributed by atoms with Crippen LogP contribution in [0.5, 0.6) is 0 Å². The third-order valence-electron chi connectivity index (χ3n) is 5.87. The van der Waals surface area contributed by atoms with Crippen LogP contribution in [0, 0.1) is 30.9 Å². The summed E-state index contributed by atoms with van der Waals surface area (Å²) in [6, 6.07) is 8.92. The number of nitrogens with zero attached hydrogens (tertiary/aromatic N) is 3. The quantitative estimate of drug-likeness (QED) is 0.438. The fourth-order valence-corrected chi connectivity index (χ4v) is 5.52. The number of hydrogen-bond donors (Lipinski definition) is 0. The summed E-state index contributed by atoms with van der Waals surface area (Å²) < 4.78 is 33.1. The Bertz CT molecular complexity index is 1340. The third kappa shape index (κ3) is 3.65. The molecule has 0 saturated carbocycles. The molecule has 0 N–H and O–H groups in total. The van der Waals surface area contributed by atoms with Crippen LogP contribution in [-0.2, 0) is 10.0 Å². The second-order valence-electron chi connectivity index (χ2n) is 7.91. The van der Waals surface area contributed by atoms with Crippen LogP contribution >= 0.6 is 0 Å². The molecule has 0 atom stereocenters. The SMILES string of the molecule is Cc1ccc(C)c2c(C)c(C(=O)N3CCN(S(=O)(=O)c4cccc([N+](=O)[O-])c4)CC3)oc12. The summed E-state index contributed by atoms with van der Waals surface area (Å²) in [6.45, 7) is 6.33. The van der Waals surface area contributed by atoms with Gasteiger partial charge in [0.25, 0.3) is 11.6 Å². The molecule has 4 rings (SSSR count). The highest BCUT2D eigenvalue weighted by Gasteiger charge is 2.33. The van der Waals surface area contributed by atoms with Crippen molar-refractivity contribution in [2.75, 3.05) is 26.2 Å². The van der Waals surface area contributed by atoms with E-state index < -0.39 is 14.9 Å². The molecule has 168 valence electrons. The summed E-state index contributed by atoms with van der Waals surface area (Å²) in [5.74, 6) is -0.00251. The highest BCUT2D eigenvalue weighted by atomic mass is 32.2. The molecular weight excluding hydrogens is 434 g/mol. The van der Waals surface area contributed by atoms with Crippen LogP contribution in [-0.4, -0.2) is 54.6 Å². The van der Waals surface area contributed by atoms with Crippen molar-refractivity contribution >= 4 is 32.6 Å². The maximum atomic E-state index is 13.1. The van der Waals surface area contributed by atoms with Gasteiger partial charge in [0.05, 0.1) is 9.82 Å². The monoisotopic (exact) mass is 457 g/mol. The van der Waals surface area contributed by atoms with Crippen LogP contribution in [0.4, 0.5) is 5.69 Å². The Kier molecular flexibility index (Phi) is 5.51. The van der Waals surface area contributed by atoms with Crippen LogP contribution in [0.15, 0.2) is 45.7 Å². The summed E-state index contributed by atoms with van der Waals surface area (Å²) in [7, 11) is -3.90. The number of amides is 1. The number of aryl methyl sites for hydroxylation is 3. The Morgan fingerprint density at radius 1 is 1.03 bits per heavy atom. The maximum Gasteiger partial charge on any atom is 0.289 e. The van der Waals surface area contributed by atoms with Crippen LogP contribution in [0.3, 0.4) is 0 Å². The Morgan fingerprint density at radius 2 is 1.69 bits per heavy atom. The van der Waals surface area contributed by atoms with Crippen molar-refractivity contribution in [3.05, 3.63) is 69.0 Å². The number of piperazine rings is 1. The van der Waals surface area contributed by atoms with Gasteiger partial charge in [-0.05, 0) is 38.0 Å². The highest BCUT2D eigenvalue weighted by molar-refractivity contribution is 7.89. The van der Waals surface area contributed by atoms with E-state index in [0.29, 0.717) is 5.58 Å². The Labute approximate surface area is 185 Å². The fourth-order valence-electron chi connectivity index (χ4n) is 4.06. The molecule has 1 aliphatic rings. The van der Waals surface area contributed by atoms with Crippen LogP contribution in [0.2, 0.25) is 0 Å². The minimum atomic E-state index is -3.90. The van der Waals surface area contributed by atoms with Gasteiger partial charge in [-0.2, -0.15) is 4.31 Å². The number of nitro groups is 1. The predicted octanol–water partition coefficient (Wildman–Crippen LogP) is 3.41. The number of hydrogen-bond acceptors (Lipinski definition) is 6. The van der Waals surface area contributed by atoms with Gasteiger partial charge in [0.15, 0.2) is 5.76 Å². The average molecular weight is 458 g/mol. The fraction of sp³-hybridized carbons (Fsp3) is 0.318. The number of rotatable bonds is 4. The van der Waals surface area contributed by atoms with E-state index in [2.05, 4.69) is 0 Å². The summed E-state index contributed by atoms with van der Waals surface area (Å²) >= 11 is 0. The van der Waals surface area contributed by atoms with E-state index in [4.69, 9.17) is 4.42 Å². The molecular formula is C22H23N3O6S. The van der Waals surface area contributed by atoms with E-state index in [9.17, 15) is 23.3 Å². The Morgan fingerprint density at radius 3 is 2.31 bits per heavy atom. The van der Waals surface area contributed by atoms with E-state index in [-0.39, 0.29) is 48.4 Å². The molecule has 1 aliphatic heterocycles. The number of fused-ring (bicyclic) bond motifs is 1. The highest BCUT2D eigenvalue weighted by Crippen LogP contribution is 2.31. The Balaban J connectivity index is 1.53. The average Bonchev–Trinajstić information content (AvgIpc) is 3.14. The van der Waals surface area contributed by atoms with Gasteiger partial charge in [0.1, 0.15) is 5.58 Å². The number of carbonyl (C=O) groups excluding carboxylic acids is 1. The van der Waals surface area contributed by atoms with Gasteiger partial charge < -0.3 is 9.32 Å². The first kappa shape index (κ1) is 22.0. The van der Waals surface area contributed by atoms with Crippen LogP contribution < -0.4 is 0 Å². The van der Waals surface area contributed by atoms with Gasteiger partial charge in [-0.3, -0.25) is 14.9 Å². The molecule has 2 aromatic carbocycles. The molecule has 0 spiro atoms. The van der Waals surface area contributed by atoms with Gasteiger partial charge >= 0.3 is 0 Å². The van der Waals surface area contributed by atoms with Crippen molar-refractivity contribution in [1.82, 2.24) is 9.21 Å². The minimum absolute atomic E-state index is 0.0914. The van der Waals surface area contributed by atoms with Gasteiger partial charge in [0, 0.05) is 49.3 Å². The number of benzene rings is 2. The van der Waals surface area contributed by atoms with E-state index >= 15 is 0 Å². The number of non-ortho nitro benzene ring substituents is 1. The molecule has 10 heteroatoms. The normalized spacial score (nSPS) is 15.3. The van der Waals surface area contributed by atoms with Crippen molar-refractivity contribution < 1.29 is 22.6 Å². The zero-order valence-electron chi connectivity index (χ0n) is 18.0. The van der Waals surface area contributed by atoms with E-state index in [1.807, 2.05) is 32.9 Å². The topological polar surface area (TPSA) is 114 Å². The smallest absolute Gasteiger partial charge is 0.289 e. The lowest BCUT2D eigenvalue weighted by atomic mass is 10.0. The molecule has 0 radical (unpaired) electrons. The van der Waals surface area contributed by atoms with E-state index in [1.54, 1.807) is 4.90 Å². The first-order chi connectivity index (χ1) is 15.1. The first-order valence-electron chi connectivity index (χ1n) is 10.1. The van der Waals surface area contributed by atoms with Crippen molar-refractivity contribution in [1.29, 1.82) is 0 Å². The van der Waals surface area contributed by atoms with Crippen LogP contribution in [0.25, 0.3) is 11.0 Å². The Hall–Kier alpha value is -3.24. The van der Waals surface area contributed by atoms with Gasteiger partial charge in [0.2, 0.25) is 10.0 Å². The number of sulfonamides is 1. The third-order valence-corrected chi connectivity index (χ3v) is 7.76. The molecule has 0 aliphatic carbocycles. The van der Waals surface area contributed by atoms with Crippen molar-refractivity contribution in [2.45, 2.75) is 25.7 Å². The number of nitro benzene ring substituents is 1. The molecule has 3 aromatic rings.